The lowest BCUT2D eigenvalue weighted by molar-refractivity contribution is -0.145. The highest BCUT2D eigenvalue weighted by atomic mass is 32.2. The Labute approximate surface area is 182 Å². The second kappa shape index (κ2) is 10.1. The summed E-state index contributed by atoms with van der Waals surface area (Å²) >= 11 is 0.751. The van der Waals surface area contributed by atoms with Crippen molar-refractivity contribution in [2.24, 2.45) is 0 Å². The molecule has 31 heavy (non-hydrogen) atoms. The summed E-state index contributed by atoms with van der Waals surface area (Å²) in [5.74, 6) is -0.618. The van der Waals surface area contributed by atoms with E-state index in [2.05, 4.69) is 0 Å². The van der Waals surface area contributed by atoms with Crippen LogP contribution in [0.25, 0.3) is 6.08 Å². The number of carbonyl (C=O) groups excluding carboxylic acids is 3. The van der Waals surface area contributed by atoms with Gasteiger partial charge in [0.1, 0.15) is 19.0 Å². The number of esters is 1. The maximum Gasteiger partial charge on any atom is 0.326 e. The quantitative estimate of drug-likeness (QED) is 0.448. The molecule has 0 spiro atoms. The zero-order valence-electron chi connectivity index (χ0n) is 16.9. The fourth-order valence-corrected chi connectivity index (χ4v) is 3.60. The number of hydrogen-bond donors (Lipinski definition) is 0. The molecule has 0 saturated carbocycles. The number of carbonyl (C=O) groups is 3. The molecule has 2 aromatic carbocycles. The van der Waals surface area contributed by atoms with Crippen LogP contribution in [0.2, 0.25) is 0 Å². The number of imide groups is 1. The molecule has 0 aliphatic carbocycles. The zero-order chi connectivity index (χ0) is 22.4. The summed E-state index contributed by atoms with van der Waals surface area (Å²) in [4.78, 5) is 37.2. The van der Waals surface area contributed by atoms with E-state index in [9.17, 15) is 18.8 Å². The van der Waals surface area contributed by atoms with E-state index in [1.807, 2.05) is 0 Å². The number of amides is 2. The predicted octanol–water partition coefficient (Wildman–Crippen LogP) is 4.01. The van der Waals surface area contributed by atoms with Crippen molar-refractivity contribution in [2.75, 3.05) is 20.3 Å². The Morgan fingerprint density at radius 3 is 2.55 bits per heavy atom. The molecular weight excluding hydrogens is 425 g/mol. The second-order valence-corrected chi connectivity index (χ2v) is 7.39. The average Bonchev–Trinajstić information content (AvgIpc) is 3.01. The van der Waals surface area contributed by atoms with Gasteiger partial charge < -0.3 is 14.2 Å². The van der Waals surface area contributed by atoms with Crippen LogP contribution in [0.4, 0.5) is 9.18 Å². The van der Waals surface area contributed by atoms with Gasteiger partial charge in [-0.25, -0.2) is 4.39 Å². The lowest BCUT2D eigenvalue weighted by Gasteiger charge is -2.12. The number of rotatable bonds is 8. The fraction of sp³-hybridized carbons (Fsp3) is 0.227. The number of ether oxygens (including phenoxy) is 3. The third kappa shape index (κ3) is 5.64. The van der Waals surface area contributed by atoms with Crippen molar-refractivity contribution in [2.45, 2.75) is 13.5 Å². The third-order valence-corrected chi connectivity index (χ3v) is 5.17. The molecule has 0 bridgehead atoms. The highest BCUT2D eigenvalue weighted by Crippen LogP contribution is 2.34. The molecule has 2 amide bonds. The van der Waals surface area contributed by atoms with Crippen molar-refractivity contribution in [1.82, 2.24) is 4.90 Å². The van der Waals surface area contributed by atoms with Crippen molar-refractivity contribution in [1.29, 1.82) is 0 Å². The van der Waals surface area contributed by atoms with Gasteiger partial charge in [-0.1, -0.05) is 18.2 Å². The Bertz CT molecular complexity index is 1020. The molecule has 0 unspecified atom stereocenters. The molecule has 0 aromatic heterocycles. The third-order valence-electron chi connectivity index (χ3n) is 4.26. The Hall–Kier alpha value is -3.33. The van der Waals surface area contributed by atoms with Gasteiger partial charge in [-0.2, -0.15) is 0 Å². The molecule has 2 aromatic rings. The predicted molar refractivity (Wildman–Crippen MR) is 113 cm³/mol. The molecule has 0 atom stereocenters. The van der Waals surface area contributed by atoms with Crippen LogP contribution in [0.15, 0.2) is 47.4 Å². The normalized spacial score (nSPS) is 14.8. The zero-order valence-corrected chi connectivity index (χ0v) is 17.7. The van der Waals surface area contributed by atoms with E-state index in [1.165, 1.54) is 19.2 Å². The van der Waals surface area contributed by atoms with E-state index < -0.39 is 23.7 Å². The van der Waals surface area contributed by atoms with Gasteiger partial charge in [0.25, 0.3) is 11.1 Å². The first-order chi connectivity index (χ1) is 14.9. The minimum Gasteiger partial charge on any atom is -0.493 e. The summed E-state index contributed by atoms with van der Waals surface area (Å²) in [5, 5.41) is -0.532. The van der Waals surface area contributed by atoms with Crippen LogP contribution in [-0.4, -0.2) is 42.3 Å². The molecule has 1 aliphatic rings. The van der Waals surface area contributed by atoms with E-state index in [-0.39, 0.29) is 23.9 Å². The largest absolute Gasteiger partial charge is 0.493 e. The van der Waals surface area contributed by atoms with Crippen LogP contribution in [-0.2, 0) is 20.9 Å². The minimum absolute atomic E-state index is 0.167. The Morgan fingerprint density at radius 1 is 1.13 bits per heavy atom. The van der Waals surface area contributed by atoms with E-state index in [1.54, 1.807) is 43.3 Å². The standard InChI is InChI=1S/C22H20FNO6S/c1-3-29-20(25)12-24-21(26)19(31-22(24)27)11-15-6-9-17(18(10-15)28-2)30-13-14-4-7-16(23)8-5-14/h4-11H,3,12-13H2,1-2H3. The molecule has 162 valence electrons. The van der Waals surface area contributed by atoms with Crippen molar-refractivity contribution >= 4 is 35.0 Å². The summed E-state index contributed by atoms with van der Waals surface area (Å²) in [6.07, 6.45) is 1.54. The SMILES string of the molecule is CCOC(=O)CN1C(=O)SC(=Cc2ccc(OCc3ccc(F)cc3)c(OC)c2)C1=O. The molecule has 7 nitrogen and oxygen atoms in total. The summed E-state index contributed by atoms with van der Waals surface area (Å²) in [6, 6.07) is 11.0. The fourth-order valence-electron chi connectivity index (χ4n) is 2.76. The number of nitrogens with zero attached hydrogens (tertiary/aromatic N) is 1. The Balaban J connectivity index is 1.72. The van der Waals surface area contributed by atoms with Gasteiger partial charge in [0.05, 0.1) is 18.6 Å². The first-order valence-corrected chi connectivity index (χ1v) is 10.2. The molecule has 1 heterocycles. The Morgan fingerprint density at radius 2 is 1.87 bits per heavy atom. The molecule has 1 fully saturated rings. The number of thioether (sulfide) groups is 1. The average molecular weight is 445 g/mol. The highest BCUT2D eigenvalue weighted by Gasteiger charge is 2.36. The molecule has 0 N–H and O–H groups in total. The van der Waals surface area contributed by atoms with Crippen LogP contribution in [0, 0.1) is 5.82 Å². The molecule has 3 rings (SSSR count). The topological polar surface area (TPSA) is 82.1 Å². The van der Waals surface area contributed by atoms with Gasteiger partial charge in [-0.15, -0.1) is 0 Å². The van der Waals surface area contributed by atoms with Crippen LogP contribution in [0.1, 0.15) is 18.1 Å². The maximum atomic E-state index is 13.0. The van der Waals surface area contributed by atoms with Gasteiger partial charge >= 0.3 is 5.97 Å². The van der Waals surface area contributed by atoms with Crippen molar-refractivity contribution < 1.29 is 33.0 Å². The minimum atomic E-state index is -0.643. The first kappa shape index (κ1) is 22.4. The molecule has 1 aliphatic heterocycles. The van der Waals surface area contributed by atoms with Gasteiger partial charge in [-0.05, 0) is 60.2 Å². The van der Waals surface area contributed by atoms with E-state index in [4.69, 9.17) is 14.2 Å². The molecular formula is C22H20FNO6S. The summed E-state index contributed by atoms with van der Waals surface area (Å²) < 4.78 is 28.9. The number of benzene rings is 2. The second-order valence-electron chi connectivity index (χ2n) is 6.40. The van der Waals surface area contributed by atoms with Crippen molar-refractivity contribution in [3.05, 3.63) is 64.3 Å². The van der Waals surface area contributed by atoms with Crippen molar-refractivity contribution in [3.63, 3.8) is 0 Å². The highest BCUT2D eigenvalue weighted by molar-refractivity contribution is 8.18. The van der Waals surface area contributed by atoms with Gasteiger partial charge in [0.15, 0.2) is 11.5 Å². The van der Waals surface area contributed by atoms with Crippen LogP contribution in [0.5, 0.6) is 11.5 Å². The van der Waals surface area contributed by atoms with Crippen LogP contribution in [0.3, 0.4) is 0 Å². The summed E-state index contributed by atoms with van der Waals surface area (Å²) in [7, 11) is 1.48. The molecule has 9 heteroatoms. The lowest BCUT2D eigenvalue weighted by atomic mass is 10.1. The lowest BCUT2D eigenvalue weighted by Crippen LogP contribution is -2.34. The van der Waals surface area contributed by atoms with Gasteiger partial charge in [0, 0.05) is 0 Å². The van der Waals surface area contributed by atoms with Crippen LogP contribution >= 0.6 is 11.8 Å². The van der Waals surface area contributed by atoms with E-state index in [0.29, 0.717) is 17.1 Å². The van der Waals surface area contributed by atoms with Gasteiger partial charge in [0.2, 0.25) is 0 Å². The summed E-state index contributed by atoms with van der Waals surface area (Å²) in [5.41, 5.74) is 1.41. The van der Waals surface area contributed by atoms with Crippen molar-refractivity contribution in [3.8, 4) is 11.5 Å². The molecule has 0 radical (unpaired) electrons. The number of halogens is 1. The van der Waals surface area contributed by atoms with E-state index >= 15 is 0 Å². The monoisotopic (exact) mass is 445 g/mol. The van der Waals surface area contributed by atoms with Crippen LogP contribution < -0.4 is 9.47 Å². The maximum absolute atomic E-state index is 13.0. The van der Waals surface area contributed by atoms with Gasteiger partial charge in [-0.3, -0.25) is 19.3 Å². The number of methoxy groups -OCH3 is 1. The van der Waals surface area contributed by atoms with E-state index in [0.717, 1.165) is 22.2 Å². The number of hydrogen-bond acceptors (Lipinski definition) is 7. The Kier molecular flexibility index (Phi) is 7.30. The summed E-state index contributed by atoms with van der Waals surface area (Å²) in [6.45, 7) is 1.62. The smallest absolute Gasteiger partial charge is 0.326 e. The molecule has 1 saturated heterocycles. The first-order valence-electron chi connectivity index (χ1n) is 9.37.